The minimum Gasteiger partial charge on any atom is -0.299 e. The zero-order valence-electron chi connectivity index (χ0n) is 8.54. The second kappa shape index (κ2) is 4.05. The normalized spacial score (nSPS) is 11.4. The van der Waals surface area contributed by atoms with Crippen molar-refractivity contribution in [2.75, 3.05) is 0 Å². The molecule has 0 aliphatic carbocycles. The van der Waals surface area contributed by atoms with Crippen molar-refractivity contribution in [2.24, 2.45) is 5.41 Å². The molecule has 3 nitrogen and oxygen atoms in total. The van der Waals surface area contributed by atoms with E-state index in [0.29, 0.717) is 12.1 Å². The number of carbonyl (C=O) groups is 1. The number of aromatic nitrogens is 2. The van der Waals surface area contributed by atoms with E-state index in [9.17, 15) is 4.79 Å². The highest BCUT2D eigenvalue weighted by molar-refractivity contribution is 6.28. The van der Waals surface area contributed by atoms with Gasteiger partial charge in [0.15, 0.2) is 0 Å². The molecule has 1 aromatic heterocycles. The third-order valence-electron chi connectivity index (χ3n) is 1.86. The van der Waals surface area contributed by atoms with Crippen molar-refractivity contribution < 1.29 is 4.79 Å². The summed E-state index contributed by atoms with van der Waals surface area (Å²) < 4.78 is 0. The van der Waals surface area contributed by atoms with Crippen molar-refractivity contribution in [2.45, 2.75) is 27.2 Å². The predicted octanol–water partition coefficient (Wildman–Crippen LogP) is 2.29. The van der Waals surface area contributed by atoms with E-state index in [0.717, 1.165) is 0 Å². The van der Waals surface area contributed by atoms with Crippen LogP contribution < -0.4 is 0 Å². The van der Waals surface area contributed by atoms with Crippen molar-refractivity contribution in [3.05, 3.63) is 23.2 Å². The Morgan fingerprint density at radius 2 is 2.14 bits per heavy atom. The number of hydrogen-bond acceptors (Lipinski definition) is 3. The van der Waals surface area contributed by atoms with Crippen LogP contribution >= 0.6 is 11.6 Å². The van der Waals surface area contributed by atoms with Gasteiger partial charge in [0, 0.05) is 18.0 Å². The molecule has 1 heterocycles. The first-order valence-corrected chi connectivity index (χ1v) is 4.78. The largest absolute Gasteiger partial charge is 0.299 e. The molecule has 4 heteroatoms. The van der Waals surface area contributed by atoms with Crippen molar-refractivity contribution in [3.8, 4) is 0 Å². The number of nitrogens with zero attached hydrogens (tertiary/aromatic N) is 2. The zero-order chi connectivity index (χ0) is 10.8. The van der Waals surface area contributed by atoms with Crippen LogP contribution in [0.4, 0.5) is 0 Å². The Kier molecular flexibility index (Phi) is 3.21. The zero-order valence-corrected chi connectivity index (χ0v) is 9.30. The lowest BCUT2D eigenvalue weighted by Crippen LogP contribution is -2.22. The van der Waals surface area contributed by atoms with Gasteiger partial charge in [0.05, 0.1) is 5.69 Å². The van der Waals surface area contributed by atoms with Gasteiger partial charge in [-0.3, -0.25) is 4.79 Å². The van der Waals surface area contributed by atoms with E-state index in [1.807, 2.05) is 20.8 Å². The minimum atomic E-state index is -0.336. The molecule has 1 aromatic rings. The Hall–Kier alpha value is -0.960. The maximum Gasteiger partial charge on any atom is 0.222 e. The summed E-state index contributed by atoms with van der Waals surface area (Å²) in [5, 5.41) is 0.184. The molecule has 0 bridgehead atoms. The Labute approximate surface area is 88.5 Å². The van der Waals surface area contributed by atoms with Crippen molar-refractivity contribution in [1.29, 1.82) is 0 Å². The lowest BCUT2D eigenvalue weighted by atomic mass is 9.88. The SMILES string of the molecule is CC(C)(C)C(=O)Cc1ccnc(Cl)n1. The van der Waals surface area contributed by atoms with Crippen LogP contribution in [0.1, 0.15) is 26.5 Å². The van der Waals surface area contributed by atoms with Crippen LogP contribution in [-0.2, 0) is 11.2 Å². The van der Waals surface area contributed by atoms with Crippen LogP contribution in [0.5, 0.6) is 0 Å². The standard InChI is InChI=1S/C10H13ClN2O/c1-10(2,3)8(14)6-7-4-5-12-9(11)13-7/h4-5H,6H2,1-3H3. The highest BCUT2D eigenvalue weighted by atomic mass is 35.5. The molecule has 76 valence electrons. The van der Waals surface area contributed by atoms with E-state index in [4.69, 9.17) is 11.6 Å². The fourth-order valence-electron chi connectivity index (χ4n) is 0.898. The Bertz CT molecular complexity index is 344. The maximum absolute atomic E-state index is 11.6. The molecule has 0 amide bonds. The Morgan fingerprint density at radius 3 is 2.64 bits per heavy atom. The van der Waals surface area contributed by atoms with Gasteiger partial charge in [-0.15, -0.1) is 0 Å². The molecule has 14 heavy (non-hydrogen) atoms. The van der Waals surface area contributed by atoms with Crippen LogP contribution in [0.15, 0.2) is 12.3 Å². The molecule has 0 saturated carbocycles. The topological polar surface area (TPSA) is 42.9 Å². The van der Waals surface area contributed by atoms with Gasteiger partial charge in [0.1, 0.15) is 5.78 Å². The summed E-state index contributed by atoms with van der Waals surface area (Å²) in [6, 6.07) is 1.70. The van der Waals surface area contributed by atoms with Gasteiger partial charge in [0.2, 0.25) is 5.28 Å². The molecule has 0 N–H and O–H groups in total. The van der Waals surface area contributed by atoms with Crippen molar-refractivity contribution in [1.82, 2.24) is 9.97 Å². The van der Waals surface area contributed by atoms with Gasteiger partial charge in [0.25, 0.3) is 0 Å². The van der Waals surface area contributed by atoms with Crippen LogP contribution in [0.2, 0.25) is 5.28 Å². The van der Waals surface area contributed by atoms with E-state index < -0.39 is 0 Å². The summed E-state index contributed by atoms with van der Waals surface area (Å²) in [7, 11) is 0. The molecule has 0 aliphatic heterocycles. The van der Waals surface area contributed by atoms with Crippen LogP contribution in [0, 0.1) is 5.41 Å². The lowest BCUT2D eigenvalue weighted by Gasteiger charge is -2.15. The summed E-state index contributed by atoms with van der Waals surface area (Å²) in [6.07, 6.45) is 1.87. The molecule has 0 atom stereocenters. The fourth-order valence-corrected chi connectivity index (χ4v) is 1.06. The number of hydrogen-bond donors (Lipinski definition) is 0. The van der Waals surface area contributed by atoms with Gasteiger partial charge in [-0.05, 0) is 17.7 Å². The number of carbonyl (C=O) groups excluding carboxylic acids is 1. The maximum atomic E-state index is 11.6. The molecular formula is C10H13ClN2O. The molecule has 0 aliphatic rings. The summed E-state index contributed by atoms with van der Waals surface area (Å²) >= 11 is 5.61. The molecule has 0 saturated heterocycles. The minimum absolute atomic E-state index is 0.146. The van der Waals surface area contributed by atoms with Crippen LogP contribution in [-0.4, -0.2) is 15.8 Å². The summed E-state index contributed by atoms with van der Waals surface area (Å²) in [6.45, 7) is 5.66. The van der Waals surface area contributed by atoms with Gasteiger partial charge in [-0.1, -0.05) is 20.8 Å². The monoisotopic (exact) mass is 212 g/mol. The third-order valence-corrected chi connectivity index (χ3v) is 2.04. The average Bonchev–Trinajstić information content (AvgIpc) is 2.02. The number of ketones is 1. The Morgan fingerprint density at radius 1 is 1.50 bits per heavy atom. The van der Waals surface area contributed by atoms with Gasteiger partial charge < -0.3 is 0 Å². The first kappa shape index (κ1) is 11.1. The summed E-state index contributed by atoms with van der Waals surface area (Å²) in [5.74, 6) is 0.146. The third kappa shape index (κ3) is 3.07. The molecule has 0 unspecified atom stereocenters. The van der Waals surface area contributed by atoms with Gasteiger partial charge >= 0.3 is 0 Å². The highest BCUT2D eigenvalue weighted by Crippen LogP contribution is 2.17. The summed E-state index contributed by atoms with van der Waals surface area (Å²) in [4.78, 5) is 19.4. The Balaban J connectivity index is 2.75. The summed E-state index contributed by atoms with van der Waals surface area (Å²) in [5.41, 5.74) is 0.335. The second-order valence-corrected chi connectivity index (χ2v) is 4.51. The number of Topliss-reactive ketones (excluding diaryl/α,β-unsaturated/α-hetero) is 1. The van der Waals surface area contributed by atoms with E-state index >= 15 is 0 Å². The quantitative estimate of drug-likeness (QED) is 0.707. The van der Waals surface area contributed by atoms with Crippen LogP contribution in [0.25, 0.3) is 0 Å². The molecule has 0 radical (unpaired) electrons. The van der Waals surface area contributed by atoms with E-state index in [-0.39, 0.29) is 16.5 Å². The smallest absolute Gasteiger partial charge is 0.222 e. The lowest BCUT2D eigenvalue weighted by molar-refractivity contribution is -0.125. The molecule has 0 fully saturated rings. The molecular weight excluding hydrogens is 200 g/mol. The second-order valence-electron chi connectivity index (χ2n) is 4.17. The first-order chi connectivity index (χ1) is 6.39. The molecule has 0 aromatic carbocycles. The van der Waals surface area contributed by atoms with Crippen molar-refractivity contribution in [3.63, 3.8) is 0 Å². The number of halogens is 1. The van der Waals surface area contributed by atoms with Crippen molar-refractivity contribution >= 4 is 17.4 Å². The first-order valence-electron chi connectivity index (χ1n) is 4.40. The fraction of sp³-hybridized carbons (Fsp3) is 0.500. The van der Waals surface area contributed by atoms with Gasteiger partial charge in [-0.2, -0.15) is 0 Å². The predicted molar refractivity (Wildman–Crippen MR) is 55.2 cm³/mol. The molecule has 1 rings (SSSR count). The average molecular weight is 213 g/mol. The van der Waals surface area contributed by atoms with E-state index in [2.05, 4.69) is 9.97 Å². The molecule has 0 spiro atoms. The highest BCUT2D eigenvalue weighted by Gasteiger charge is 2.21. The van der Waals surface area contributed by atoms with Crippen LogP contribution in [0.3, 0.4) is 0 Å². The van der Waals surface area contributed by atoms with Gasteiger partial charge in [-0.25, -0.2) is 9.97 Å². The van der Waals surface area contributed by atoms with E-state index in [1.54, 1.807) is 12.3 Å². The van der Waals surface area contributed by atoms with E-state index in [1.165, 1.54) is 0 Å². The number of rotatable bonds is 2.